The molecule has 0 aliphatic carbocycles. The Bertz CT molecular complexity index is 1760. The first-order valence-corrected chi connectivity index (χ1v) is 17.0. The summed E-state index contributed by atoms with van der Waals surface area (Å²) in [7, 11) is -3.12. The Hall–Kier alpha value is -2.99. The van der Waals surface area contributed by atoms with E-state index in [1.165, 1.54) is 24.7 Å². The number of aromatic nitrogens is 4. The summed E-state index contributed by atoms with van der Waals surface area (Å²) in [4.78, 5) is 10.3. The van der Waals surface area contributed by atoms with E-state index in [1.54, 1.807) is 11.1 Å². The van der Waals surface area contributed by atoms with E-state index < -0.39 is 21.8 Å². The number of sulfone groups is 1. The highest BCUT2D eigenvalue weighted by atomic mass is 35.5. The number of fused-ring (bicyclic) bond motifs is 1. The predicted molar refractivity (Wildman–Crippen MR) is 165 cm³/mol. The first kappa shape index (κ1) is 30.1. The van der Waals surface area contributed by atoms with Crippen LogP contribution in [0.4, 0.5) is 10.2 Å². The Morgan fingerprint density at radius 1 is 1.16 bits per heavy atom. The lowest BCUT2D eigenvalue weighted by Gasteiger charge is -2.47. The number of pyridine rings is 2. The molecular formula is C30H32Cl2FN5O4S. The van der Waals surface area contributed by atoms with Gasteiger partial charge in [-0.1, -0.05) is 23.2 Å². The largest absolute Gasteiger partial charge is 0.486 e. The zero-order chi connectivity index (χ0) is 30.5. The summed E-state index contributed by atoms with van der Waals surface area (Å²) in [5, 5.41) is 6.48. The highest BCUT2D eigenvalue weighted by Gasteiger charge is 2.39. The van der Waals surface area contributed by atoms with Crippen LogP contribution in [-0.2, 0) is 14.6 Å². The molecular weight excluding hydrogens is 616 g/mol. The summed E-state index contributed by atoms with van der Waals surface area (Å²) in [5.41, 5.74) is 2.51. The van der Waals surface area contributed by atoms with Crippen LogP contribution in [0.2, 0.25) is 10.0 Å². The van der Waals surface area contributed by atoms with E-state index in [-0.39, 0.29) is 29.8 Å². The van der Waals surface area contributed by atoms with Gasteiger partial charge in [-0.2, -0.15) is 5.10 Å². The average Bonchev–Trinajstić information content (AvgIpc) is 3.34. The molecule has 2 aliphatic heterocycles. The van der Waals surface area contributed by atoms with E-state index in [9.17, 15) is 8.42 Å². The quantitative estimate of drug-likeness (QED) is 0.210. The molecule has 4 atom stereocenters. The molecule has 3 aromatic heterocycles. The van der Waals surface area contributed by atoms with Crippen molar-refractivity contribution in [2.24, 2.45) is 5.92 Å². The smallest absolute Gasteiger partial charge is 0.166 e. The predicted octanol–water partition coefficient (Wildman–Crippen LogP) is 6.65. The molecule has 0 saturated carbocycles. The van der Waals surface area contributed by atoms with E-state index in [1.807, 2.05) is 36.7 Å². The zero-order valence-corrected chi connectivity index (χ0v) is 26.3. The van der Waals surface area contributed by atoms with Crippen molar-refractivity contribution in [3.63, 3.8) is 0 Å². The lowest BCUT2D eigenvalue weighted by atomic mass is 9.91. The van der Waals surface area contributed by atoms with Crippen LogP contribution in [0.15, 0.2) is 42.9 Å². The molecule has 5 heterocycles. The molecule has 2 aliphatic rings. The molecule has 43 heavy (non-hydrogen) atoms. The number of nitrogens with zero attached hydrogens (tertiary/aromatic N) is 5. The minimum absolute atomic E-state index is 0.0660. The van der Waals surface area contributed by atoms with Crippen molar-refractivity contribution < 1.29 is 22.3 Å². The van der Waals surface area contributed by atoms with Gasteiger partial charge in [-0.25, -0.2) is 22.5 Å². The van der Waals surface area contributed by atoms with Gasteiger partial charge in [-0.05, 0) is 57.4 Å². The number of rotatable bonds is 8. The van der Waals surface area contributed by atoms with Crippen molar-refractivity contribution in [2.45, 2.75) is 51.5 Å². The van der Waals surface area contributed by atoms with Gasteiger partial charge in [0.15, 0.2) is 17.9 Å². The molecule has 2 saturated heterocycles. The van der Waals surface area contributed by atoms with Crippen LogP contribution in [0.25, 0.3) is 22.2 Å². The summed E-state index contributed by atoms with van der Waals surface area (Å²) in [6, 6.07) is 6.93. The Labute approximate surface area is 259 Å². The molecule has 0 spiro atoms. The van der Waals surface area contributed by atoms with E-state index >= 15 is 4.39 Å². The summed E-state index contributed by atoms with van der Waals surface area (Å²) in [6.07, 6.45) is 8.00. The number of halogens is 3. The Morgan fingerprint density at radius 2 is 1.93 bits per heavy atom. The van der Waals surface area contributed by atoms with Crippen molar-refractivity contribution in [1.82, 2.24) is 19.7 Å². The number of anilines is 1. The van der Waals surface area contributed by atoms with Crippen molar-refractivity contribution in [3.05, 3.63) is 64.3 Å². The van der Waals surface area contributed by atoms with Gasteiger partial charge in [0.1, 0.15) is 27.4 Å². The topological polar surface area (TPSA) is 99.4 Å². The maximum absolute atomic E-state index is 15.6. The molecule has 0 radical (unpaired) electrons. The average molecular weight is 649 g/mol. The van der Waals surface area contributed by atoms with Crippen LogP contribution < -0.4 is 9.64 Å². The van der Waals surface area contributed by atoms with Crippen molar-refractivity contribution in [1.29, 1.82) is 0 Å². The Morgan fingerprint density at radius 3 is 2.58 bits per heavy atom. The van der Waals surface area contributed by atoms with Gasteiger partial charge in [0.25, 0.3) is 0 Å². The lowest BCUT2D eigenvalue weighted by molar-refractivity contribution is -0.0365. The second-order valence-electron chi connectivity index (χ2n) is 11.3. The third kappa shape index (κ3) is 6.05. The number of benzene rings is 1. The van der Waals surface area contributed by atoms with Gasteiger partial charge in [0, 0.05) is 66.5 Å². The second kappa shape index (κ2) is 11.8. The van der Waals surface area contributed by atoms with Crippen LogP contribution in [0.1, 0.15) is 51.0 Å². The monoisotopic (exact) mass is 647 g/mol. The third-order valence-electron chi connectivity index (χ3n) is 8.20. The third-order valence-corrected chi connectivity index (χ3v) is 9.84. The van der Waals surface area contributed by atoms with Gasteiger partial charge in [0.05, 0.1) is 21.3 Å². The van der Waals surface area contributed by atoms with Gasteiger partial charge >= 0.3 is 0 Å². The molecule has 9 nitrogen and oxygen atoms in total. The summed E-state index contributed by atoms with van der Waals surface area (Å²) >= 11 is 12.7. The highest BCUT2D eigenvalue weighted by molar-refractivity contribution is 7.90. The Balaban J connectivity index is 1.35. The van der Waals surface area contributed by atoms with Crippen LogP contribution in [0.5, 0.6) is 5.75 Å². The zero-order valence-electron chi connectivity index (χ0n) is 24.0. The molecule has 1 aromatic carbocycles. The molecule has 0 amide bonds. The first-order valence-electron chi connectivity index (χ1n) is 14.2. The standard InChI is InChI=1S/C30H32Cl2FN5O4S/c1-17-20(16-43(3,39)40)15-37(17)30-25(33)10-19(12-35-30)29-22-11-21(42-18(2)28-23(31)13-34-14-24(28)32)7-8-26(22)38(36-29)27-6-4-5-9-41-27/h7-8,10-14,17-18,20,27H,4-6,9,15-16H2,1-3H3/t17-,18-,20-,27?/m1/s1. The molecule has 4 aromatic rings. The van der Waals surface area contributed by atoms with Crippen LogP contribution in [0, 0.1) is 11.7 Å². The van der Waals surface area contributed by atoms with Crippen molar-refractivity contribution >= 4 is 49.8 Å². The molecule has 0 N–H and O–H groups in total. The SMILES string of the molecule is C[C@@H]1[C@@H](CS(C)(=O)=O)CN1c1ncc(-c2nn(C3CCCCO3)c3ccc(O[C@H](C)c4c(Cl)cncc4Cl)cc23)cc1F. The summed E-state index contributed by atoms with van der Waals surface area (Å²) < 4.78 is 53.3. The van der Waals surface area contributed by atoms with E-state index in [0.717, 1.165) is 30.2 Å². The summed E-state index contributed by atoms with van der Waals surface area (Å²) in [6.45, 7) is 4.82. The molecule has 228 valence electrons. The maximum atomic E-state index is 15.6. The number of hydrogen-bond donors (Lipinski definition) is 0. The molecule has 2 fully saturated rings. The van der Waals surface area contributed by atoms with Gasteiger partial charge in [-0.15, -0.1) is 0 Å². The Kier molecular flexibility index (Phi) is 8.27. The van der Waals surface area contributed by atoms with Gasteiger partial charge < -0.3 is 14.4 Å². The fourth-order valence-corrected chi connectivity index (χ4v) is 7.77. The normalized spacial score (nSPS) is 21.5. The lowest BCUT2D eigenvalue weighted by Crippen LogP contribution is -2.57. The van der Waals surface area contributed by atoms with E-state index in [4.69, 9.17) is 37.8 Å². The fourth-order valence-electron chi connectivity index (χ4n) is 5.94. The minimum atomic E-state index is -3.12. The van der Waals surface area contributed by atoms with Crippen LogP contribution in [-0.4, -0.2) is 59.4 Å². The second-order valence-corrected chi connectivity index (χ2v) is 14.3. The van der Waals surface area contributed by atoms with Gasteiger partial charge in [-0.3, -0.25) is 4.98 Å². The maximum Gasteiger partial charge on any atom is 0.166 e. The molecule has 1 unspecified atom stereocenters. The number of hydrogen-bond acceptors (Lipinski definition) is 8. The van der Waals surface area contributed by atoms with Crippen molar-refractivity contribution in [3.8, 4) is 17.0 Å². The van der Waals surface area contributed by atoms with E-state index in [0.29, 0.717) is 45.8 Å². The van der Waals surface area contributed by atoms with E-state index in [2.05, 4.69) is 9.97 Å². The molecule has 13 heteroatoms. The first-order chi connectivity index (χ1) is 20.5. The summed E-state index contributed by atoms with van der Waals surface area (Å²) in [5.74, 6) is 0.264. The van der Waals surface area contributed by atoms with Crippen LogP contribution in [0.3, 0.4) is 0 Å². The number of ether oxygens (including phenoxy) is 2. The molecule has 0 bridgehead atoms. The highest BCUT2D eigenvalue weighted by Crippen LogP contribution is 2.39. The van der Waals surface area contributed by atoms with Gasteiger partial charge in [0.2, 0.25) is 0 Å². The van der Waals surface area contributed by atoms with Crippen molar-refractivity contribution in [2.75, 3.05) is 30.1 Å². The fraction of sp³-hybridized carbons (Fsp3) is 0.433. The molecule has 6 rings (SSSR count). The minimum Gasteiger partial charge on any atom is -0.486 e. The van der Waals surface area contributed by atoms with Crippen LogP contribution >= 0.6 is 23.2 Å².